The Bertz CT molecular complexity index is 1120. The SMILES string of the molecule is CC.CCC(C)C(C(CC(=O)N1CCCC1C(OC)C(C)C(=O)NCC(=O)OC)OC)N(C)C(=O)CC(C)(C)C.Cc1ccccc1.N[C-]=O.[Fm]. The molecular weight excluding hydrogens is 897 g/mol. The molecule has 0 aromatic heterocycles. The van der Waals surface area contributed by atoms with Crippen molar-refractivity contribution >= 4 is 30.1 Å². The Hall–Kier alpha value is -4.51. The first-order valence-corrected chi connectivity index (χ1v) is 17.6. The van der Waals surface area contributed by atoms with E-state index in [1.165, 1.54) is 19.8 Å². The summed E-state index contributed by atoms with van der Waals surface area (Å²) in [5.41, 5.74) is 5.21. The van der Waals surface area contributed by atoms with Gasteiger partial charge in [-0.25, -0.2) is 0 Å². The normalized spacial score (nSPS) is 16.3. The summed E-state index contributed by atoms with van der Waals surface area (Å²) in [5.74, 6) is -1.40. The number of aryl methyl sites for hydroxylation is 1. The van der Waals surface area contributed by atoms with E-state index >= 15 is 0 Å². The Morgan fingerprint density at radius 3 is 2.02 bits per heavy atom. The molecule has 0 radical (unpaired) electrons. The van der Waals surface area contributed by atoms with Crippen LogP contribution in [0.15, 0.2) is 30.3 Å². The van der Waals surface area contributed by atoms with E-state index in [0.717, 1.165) is 19.3 Å². The summed E-state index contributed by atoms with van der Waals surface area (Å²) in [4.78, 5) is 62.9. The van der Waals surface area contributed by atoms with E-state index < -0.39 is 24.1 Å². The summed E-state index contributed by atoms with van der Waals surface area (Å²) in [6.45, 7) is 18.4. The number of carbonyl (C=O) groups excluding carboxylic acids is 5. The first-order valence-electron chi connectivity index (χ1n) is 17.6. The van der Waals surface area contributed by atoms with E-state index in [0.29, 0.717) is 19.4 Å². The molecule has 0 spiro atoms. The van der Waals surface area contributed by atoms with Crippen molar-refractivity contribution in [2.45, 2.75) is 119 Å². The maximum Gasteiger partial charge on any atom is 0.325 e. The van der Waals surface area contributed by atoms with Crippen LogP contribution in [0.5, 0.6) is 0 Å². The van der Waals surface area contributed by atoms with Gasteiger partial charge in [-0.2, -0.15) is 6.41 Å². The zero-order valence-corrected chi connectivity index (χ0v) is 35.7. The van der Waals surface area contributed by atoms with Crippen molar-refractivity contribution in [2.75, 3.05) is 41.5 Å². The number of amides is 4. The van der Waals surface area contributed by atoms with Crippen molar-refractivity contribution in [1.29, 1.82) is 0 Å². The molecule has 300 valence electrons. The third kappa shape index (κ3) is 18.9. The van der Waals surface area contributed by atoms with Gasteiger partial charge < -0.3 is 39.9 Å². The van der Waals surface area contributed by atoms with Gasteiger partial charge in [-0.05, 0) is 31.1 Å². The van der Waals surface area contributed by atoms with E-state index in [9.17, 15) is 19.2 Å². The van der Waals surface area contributed by atoms with E-state index in [2.05, 4.69) is 48.7 Å². The number of hydrogen-bond acceptors (Lipinski definition) is 8. The minimum atomic E-state index is -0.588. The Kier molecular flexibility index (Phi) is 27.2. The molecule has 0 bridgehead atoms. The standard InChI is InChI=1S/C28H51N3O7.C7H8.C2H6.CH2NO.Fm/c1-11-18(2)25(30(7)23(33)16-28(4,5)6)21(36-8)15-22(32)31-14-12-13-20(31)26(38-10)19(3)27(35)29-17-24(34)37-9;1-7-5-3-2-4-6-7;1-2;2-1-3;/h18-21,25-26H,11-17H2,1-10H3,(H,29,35);2-6H,1H3;1-2H3;(H2,2,3);/q;;;-1;. The van der Waals surface area contributed by atoms with Crippen LogP contribution in [0.3, 0.4) is 0 Å². The smallest absolute Gasteiger partial charge is 0.325 e. The van der Waals surface area contributed by atoms with Gasteiger partial charge in [0.15, 0.2) is 0 Å². The van der Waals surface area contributed by atoms with Gasteiger partial charge in [0.05, 0.1) is 43.7 Å². The fraction of sp³-hybridized carbons (Fsp3) is 0.711. The van der Waals surface area contributed by atoms with Crippen LogP contribution in [0.2, 0.25) is 0 Å². The number of carbonyl (C=O) groups is 4. The van der Waals surface area contributed by atoms with Crippen molar-refractivity contribution in [2.24, 2.45) is 23.0 Å². The number of nitrogens with one attached hydrogen (secondary N) is 1. The Balaban J connectivity index is -0.00000151. The first kappa shape index (κ1) is 50.9. The molecule has 0 saturated carbocycles. The second kappa shape index (κ2) is 27.2. The molecule has 1 heterocycles. The topological polar surface area (TPSA) is 158 Å². The van der Waals surface area contributed by atoms with E-state index in [1.807, 2.05) is 52.8 Å². The zero-order valence-electron chi connectivity index (χ0n) is 33.3. The second-order valence-corrected chi connectivity index (χ2v) is 13.4. The van der Waals surface area contributed by atoms with Crippen molar-refractivity contribution < 1.29 is 38.2 Å². The molecule has 51 heavy (non-hydrogen) atoms. The van der Waals surface area contributed by atoms with Gasteiger partial charge in [0.1, 0.15) is 6.54 Å². The van der Waals surface area contributed by atoms with E-state index in [4.69, 9.17) is 14.3 Å². The van der Waals surface area contributed by atoms with Gasteiger partial charge in [0.2, 0.25) is 17.7 Å². The van der Waals surface area contributed by atoms with Crippen molar-refractivity contribution in [3.8, 4) is 0 Å². The average molecular weight is 965 g/mol. The summed E-state index contributed by atoms with van der Waals surface area (Å²) < 4.78 is 16.2. The van der Waals surface area contributed by atoms with E-state index in [1.54, 1.807) is 30.9 Å². The molecular formula is C38H67FmN4O8-. The van der Waals surface area contributed by atoms with Gasteiger partial charge in [-0.1, -0.05) is 97.7 Å². The molecule has 6 atom stereocenters. The molecule has 0 aliphatic carbocycles. The average Bonchev–Trinajstić information content (AvgIpc) is 3.57. The van der Waals surface area contributed by atoms with Crippen LogP contribution in [0.4, 0.5) is 0 Å². The van der Waals surface area contributed by atoms with E-state index in [-0.39, 0.29) is 54.1 Å². The third-order valence-corrected chi connectivity index (χ3v) is 8.56. The fourth-order valence-electron chi connectivity index (χ4n) is 5.83. The van der Waals surface area contributed by atoms with Crippen molar-refractivity contribution in [3.63, 3.8) is 0 Å². The Labute approximate surface area is 302 Å². The maximum absolute atomic E-state index is 13.7. The van der Waals surface area contributed by atoms with Crippen LogP contribution < -0.4 is 11.1 Å². The molecule has 12 nitrogen and oxygen atoms in total. The molecule has 1 fully saturated rings. The summed E-state index contributed by atoms with van der Waals surface area (Å²) in [5, 5.41) is 2.58. The summed E-state index contributed by atoms with van der Waals surface area (Å²) >= 11 is 0. The first-order chi connectivity index (χ1) is 23.5. The summed E-state index contributed by atoms with van der Waals surface area (Å²) in [6.07, 6.45) is 2.84. The number of hydrogen-bond donors (Lipinski definition) is 2. The number of benzene rings is 1. The summed E-state index contributed by atoms with van der Waals surface area (Å²) in [6, 6.07) is 9.72. The molecule has 6 unspecified atom stereocenters. The number of nitrogens with zero attached hydrogens (tertiary/aromatic N) is 2. The molecule has 4 amide bonds. The second-order valence-electron chi connectivity index (χ2n) is 13.4. The Morgan fingerprint density at radius 2 is 1.61 bits per heavy atom. The van der Waals surface area contributed by atoms with Crippen LogP contribution in [-0.2, 0) is 38.2 Å². The molecule has 1 aromatic carbocycles. The minimum Gasteiger partial charge on any atom is -0.543 e. The molecule has 1 saturated heterocycles. The molecule has 1 aromatic rings. The van der Waals surface area contributed by atoms with Crippen LogP contribution in [0, 0.1) is 24.2 Å². The monoisotopic (exact) mass is 965 g/mol. The van der Waals surface area contributed by atoms with Gasteiger partial charge in [0.25, 0.3) is 0 Å². The van der Waals surface area contributed by atoms with Gasteiger partial charge in [0, 0.05) is 34.2 Å². The van der Waals surface area contributed by atoms with Gasteiger partial charge in [-0.15, -0.1) is 0 Å². The van der Waals surface area contributed by atoms with Crippen LogP contribution in [-0.4, -0.2) is 106 Å². The molecule has 2 rings (SSSR count). The summed E-state index contributed by atoms with van der Waals surface area (Å²) in [7, 11) is 6.18. The predicted molar refractivity (Wildman–Crippen MR) is 198 cm³/mol. The van der Waals surface area contributed by atoms with Crippen molar-refractivity contribution in [1.82, 2.24) is 15.1 Å². The predicted octanol–water partition coefficient (Wildman–Crippen LogP) is 4.67. The van der Waals surface area contributed by atoms with Crippen molar-refractivity contribution in [3.05, 3.63) is 35.9 Å². The minimum absolute atomic E-state index is 0. The van der Waals surface area contributed by atoms with Crippen LogP contribution >= 0.6 is 0 Å². The largest absolute Gasteiger partial charge is 0.543 e. The number of ether oxygens (including phenoxy) is 3. The number of primary amides is 1. The number of rotatable bonds is 14. The number of esters is 1. The quantitative estimate of drug-likeness (QED) is 0.155. The number of nitrogens with two attached hydrogens (primary N) is 1. The molecule has 1 aliphatic rings. The van der Waals surface area contributed by atoms with Gasteiger partial charge >= 0.3 is 5.97 Å². The van der Waals surface area contributed by atoms with Gasteiger partial charge in [-0.3, -0.25) is 19.2 Å². The third-order valence-electron chi connectivity index (χ3n) is 8.56. The maximum atomic E-state index is 13.7. The molecule has 1 aliphatic heterocycles. The molecule has 13 heteroatoms. The fourth-order valence-corrected chi connectivity index (χ4v) is 5.83. The van der Waals surface area contributed by atoms with Crippen LogP contribution in [0.25, 0.3) is 0 Å². The number of likely N-dealkylation sites (N-methyl/N-ethyl adjacent to an activating group) is 1. The number of methoxy groups -OCH3 is 3. The number of likely N-dealkylation sites (tertiary alicyclic amines) is 1. The van der Waals surface area contributed by atoms with Crippen LogP contribution in [0.1, 0.15) is 93.1 Å². The Morgan fingerprint density at radius 1 is 1.06 bits per heavy atom. The zero-order chi connectivity index (χ0) is 39.0. The molecule has 3 N–H and O–H groups in total.